The number of benzene rings is 1. The summed E-state index contributed by atoms with van der Waals surface area (Å²) in [5.41, 5.74) is 1.24. The first kappa shape index (κ1) is 25.7. The van der Waals surface area contributed by atoms with E-state index in [1.807, 2.05) is 12.1 Å². The molecular weight excluding hydrogens is 503 g/mol. The lowest BCUT2D eigenvalue weighted by atomic mass is 10.1. The minimum absolute atomic E-state index is 0. The molecule has 0 radical (unpaired) electrons. The van der Waals surface area contributed by atoms with Gasteiger partial charge in [0.2, 0.25) is 5.91 Å². The van der Waals surface area contributed by atoms with Gasteiger partial charge in [0.1, 0.15) is 5.75 Å². The van der Waals surface area contributed by atoms with E-state index in [0.717, 1.165) is 70.0 Å². The summed E-state index contributed by atoms with van der Waals surface area (Å²) < 4.78 is 5.78. The fourth-order valence-corrected chi connectivity index (χ4v) is 4.25. The lowest BCUT2D eigenvalue weighted by Gasteiger charge is -2.21. The highest BCUT2D eigenvalue weighted by Gasteiger charge is 2.32. The summed E-state index contributed by atoms with van der Waals surface area (Å²) in [5.74, 6) is 2.43. The van der Waals surface area contributed by atoms with Crippen molar-refractivity contribution in [3.8, 4) is 5.75 Å². The Morgan fingerprint density at radius 1 is 1.16 bits per heavy atom. The van der Waals surface area contributed by atoms with E-state index in [0.29, 0.717) is 12.5 Å². The van der Waals surface area contributed by atoms with Crippen molar-refractivity contribution < 1.29 is 9.53 Å². The largest absolute Gasteiger partial charge is 0.494 e. The molecule has 174 valence electrons. The third-order valence-electron chi connectivity index (χ3n) is 6.00. The average Bonchev–Trinajstić information content (AvgIpc) is 3.44. The van der Waals surface area contributed by atoms with Crippen LogP contribution in [0.2, 0.25) is 0 Å². The van der Waals surface area contributed by atoms with Crippen molar-refractivity contribution in [2.24, 2.45) is 10.9 Å². The normalized spacial score (nSPS) is 19.2. The van der Waals surface area contributed by atoms with E-state index >= 15 is 0 Å². The molecule has 2 fully saturated rings. The number of rotatable bonds is 9. The molecule has 1 amide bonds. The zero-order chi connectivity index (χ0) is 21.2. The number of guanidine groups is 1. The number of ether oxygens (including phenoxy) is 1. The predicted octanol–water partition coefficient (Wildman–Crippen LogP) is 4.12. The second-order valence-electron chi connectivity index (χ2n) is 8.52. The highest BCUT2D eigenvalue weighted by molar-refractivity contribution is 14.0. The van der Waals surface area contributed by atoms with Crippen molar-refractivity contribution in [2.75, 3.05) is 32.8 Å². The summed E-state index contributed by atoms with van der Waals surface area (Å²) in [7, 11) is 0. The van der Waals surface area contributed by atoms with E-state index in [-0.39, 0.29) is 35.9 Å². The SMILES string of the molecule is CCNC(=NCCCCOc1ccc(C)cc1)NC1CCN(C(=O)C2CCCC2)C1.I. The predicted molar refractivity (Wildman–Crippen MR) is 137 cm³/mol. The molecular formula is C24H39IN4O2. The van der Waals surface area contributed by atoms with Crippen LogP contribution >= 0.6 is 24.0 Å². The molecule has 1 saturated heterocycles. The summed E-state index contributed by atoms with van der Waals surface area (Å²) in [5, 5.41) is 6.86. The molecule has 1 aliphatic carbocycles. The van der Waals surface area contributed by atoms with Crippen LogP contribution in [0.3, 0.4) is 0 Å². The Balaban J connectivity index is 0.00000341. The lowest BCUT2D eigenvalue weighted by Crippen LogP contribution is -2.45. The summed E-state index contributed by atoms with van der Waals surface area (Å²) in [6, 6.07) is 8.46. The molecule has 1 aromatic carbocycles. The Morgan fingerprint density at radius 2 is 1.90 bits per heavy atom. The van der Waals surface area contributed by atoms with Crippen LogP contribution in [0.15, 0.2) is 29.3 Å². The van der Waals surface area contributed by atoms with Crippen LogP contribution in [0, 0.1) is 12.8 Å². The number of amides is 1. The van der Waals surface area contributed by atoms with Gasteiger partial charge in [0.15, 0.2) is 5.96 Å². The number of hydrogen-bond donors (Lipinski definition) is 2. The van der Waals surface area contributed by atoms with Crippen LogP contribution in [0.1, 0.15) is 57.4 Å². The van der Waals surface area contributed by atoms with Crippen LogP contribution in [0.5, 0.6) is 5.75 Å². The van der Waals surface area contributed by atoms with Crippen molar-refractivity contribution in [3.05, 3.63) is 29.8 Å². The fraction of sp³-hybridized carbons (Fsp3) is 0.667. The van der Waals surface area contributed by atoms with Gasteiger partial charge in [0, 0.05) is 38.1 Å². The molecule has 6 nitrogen and oxygen atoms in total. The molecule has 1 saturated carbocycles. The molecule has 0 bridgehead atoms. The molecule has 3 rings (SSSR count). The number of nitrogens with one attached hydrogen (secondary N) is 2. The third kappa shape index (κ3) is 8.50. The summed E-state index contributed by atoms with van der Waals surface area (Å²) in [6.45, 7) is 8.13. The Bertz CT molecular complexity index is 689. The molecule has 1 unspecified atom stereocenters. The molecule has 1 aliphatic heterocycles. The number of unbranched alkanes of at least 4 members (excludes halogenated alkanes) is 1. The van der Waals surface area contributed by atoms with E-state index in [1.165, 1.54) is 18.4 Å². The first-order valence-corrected chi connectivity index (χ1v) is 11.7. The van der Waals surface area contributed by atoms with Crippen molar-refractivity contribution in [1.82, 2.24) is 15.5 Å². The fourth-order valence-electron chi connectivity index (χ4n) is 4.25. The topological polar surface area (TPSA) is 66.0 Å². The molecule has 0 aromatic heterocycles. The van der Waals surface area contributed by atoms with Crippen molar-refractivity contribution in [2.45, 2.75) is 64.8 Å². The van der Waals surface area contributed by atoms with Crippen LogP contribution in [-0.2, 0) is 4.79 Å². The van der Waals surface area contributed by atoms with Gasteiger partial charge in [-0.2, -0.15) is 0 Å². The van der Waals surface area contributed by atoms with Gasteiger partial charge in [-0.25, -0.2) is 0 Å². The number of halogens is 1. The van der Waals surface area contributed by atoms with Crippen LogP contribution in [-0.4, -0.2) is 55.6 Å². The number of hydrogen-bond acceptors (Lipinski definition) is 3. The molecule has 2 N–H and O–H groups in total. The maximum atomic E-state index is 12.6. The Labute approximate surface area is 204 Å². The molecule has 7 heteroatoms. The van der Waals surface area contributed by atoms with Gasteiger partial charge in [-0.1, -0.05) is 30.5 Å². The minimum Gasteiger partial charge on any atom is -0.494 e. The highest BCUT2D eigenvalue weighted by Crippen LogP contribution is 2.27. The standard InChI is InChI=1S/C24H38N4O2.HI/c1-3-25-24(26-15-6-7-17-30-22-12-10-19(2)11-13-22)27-21-14-16-28(18-21)23(29)20-8-4-5-9-20;/h10-13,20-21H,3-9,14-18H2,1-2H3,(H2,25,26,27);1H. The summed E-state index contributed by atoms with van der Waals surface area (Å²) >= 11 is 0. The number of aryl methyl sites for hydroxylation is 1. The number of aliphatic imine (C=N–C) groups is 1. The third-order valence-corrected chi connectivity index (χ3v) is 6.00. The van der Waals surface area contributed by atoms with Gasteiger partial charge in [-0.3, -0.25) is 9.79 Å². The quantitative estimate of drug-likeness (QED) is 0.213. The van der Waals surface area contributed by atoms with E-state index in [9.17, 15) is 4.79 Å². The maximum absolute atomic E-state index is 12.6. The van der Waals surface area contributed by atoms with Crippen LogP contribution in [0.4, 0.5) is 0 Å². The van der Waals surface area contributed by atoms with Gasteiger partial charge in [0.05, 0.1) is 6.61 Å². The average molecular weight is 543 g/mol. The first-order valence-electron chi connectivity index (χ1n) is 11.7. The second kappa shape index (κ2) is 13.8. The summed E-state index contributed by atoms with van der Waals surface area (Å²) in [6.07, 6.45) is 7.52. The second-order valence-corrected chi connectivity index (χ2v) is 8.52. The van der Waals surface area contributed by atoms with Crippen molar-refractivity contribution >= 4 is 35.8 Å². The smallest absolute Gasteiger partial charge is 0.225 e. The van der Waals surface area contributed by atoms with Gasteiger partial charge < -0.3 is 20.3 Å². The zero-order valence-electron chi connectivity index (χ0n) is 19.1. The molecule has 1 heterocycles. The van der Waals surface area contributed by atoms with Gasteiger partial charge in [-0.05, 0) is 58.1 Å². The lowest BCUT2D eigenvalue weighted by molar-refractivity contribution is -0.134. The first-order chi connectivity index (χ1) is 14.7. The van der Waals surface area contributed by atoms with Gasteiger partial charge in [0.25, 0.3) is 0 Å². The number of likely N-dealkylation sites (tertiary alicyclic amines) is 1. The number of carbonyl (C=O) groups excluding carboxylic acids is 1. The van der Waals surface area contributed by atoms with Crippen LogP contribution < -0.4 is 15.4 Å². The summed E-state index contributed by atoms with van der Waals surface area (Å²) in [4.78, 5) is 19.4. The molecule has 2 aliphatic rings. The van der Waals surface area contributed by atoms with Crippen molar-refractivity contribution in [3.63, 3.8) is 0 Å². The number of nitrogens with zero attached hydrogens (tertiary/aromatic N) is 2. The Kier molecular flexibility index (Phi) is 11.5. The van der Waals surface area contributed by atoms with Gasteiger partial charge in [-0.15, -0.1) is 24.0 Å². The molecule has 1 aromatic rings. The van der Waals surface area contributed by atoms with E-state index in [2.05, 4.69) is 41.5 Å². The Morgan fingerprint density at radius 3 is 2.61 bits per heavy atom. The van der Waals surface area contributed by atoms with E-state index in [1.54, 1.807) is 0 Å². The van der Waals surface area contributed by atoms with E-state index in [4.69, 9.17) is 9.73 Å². The monoisotopic (exact) mass is 542 g/mol. The van der Waals surface area contributed by atoms with Crippen LogP contribution in [0.25, 0.3) is 0 Å². The van der Waals surface area contributed by atoms with Gasteiger partial charge >= 0.3 is 0 Å². The maximum Gasteiger partial charge on any atom is 0.225 e. The highest BCUT2D eigenvalue weighted by atomic mass is 127. The van der Waals surface area contributed by atoms with E-state index < -0.39 is 0 Å². The Hall–Kier alpha value is -1.51. The molecule has 31 heavy (non-hydrogen) atoms. The zero-order valence-corrected chi connectivity index (χ0v) is 21.4. The minimum atomic E-state index is 0. The molecule has 1 atom stereocenters. The molecule has 0 spiro atoms. The van der Waals surface area contributed by atoms with Crippen molar-refractivity contribution in [1.29, 1.82) is 0 Å². The number of carbonyl (C=O) groups is 1.